The summed E-state index contributed by atoms with van der Waals surface area (Å²) >= 11 is 0. The number of nitrogens with one attached hydrogen (secondary N) is 1. The van der Waals surface area contributed by atoms with Gasteiger partial charge in [0.05, 0.1) is 36.7 Å². The lowest BCUT2D eigenvalue weighted by Gasteiger charge is -2.31. The molecule has 67 heavy (non-hydrogen) atoms. The van der Waals surface area contributed by atoms with E-state index in [-0.39, 0.29) is 65.0 Å². The number of nitrogens with zero attached hydrogens (tertiary/aromatic N) is 5. The van der Waals surface area contributed by atoms with Crippen LogP contribution in [0.2, 0.25) is 0 Å². The van der Waals surface area contributed by atoms with Gasteiger partial charge in [-0.1, -0.05) is 0 Å². The zero-order chi connectivity index (χ0) is 46.5. The van der Waals surface area contributed by atoms with Crippen molar-refractivity contribution in [2.45, 2.75) is 37.5 Å². The molecule has 2 aromatic heterocycles. The summed E-state index contributed by atoms with van der Waals surface area (Å²) < 4.78 is 75.5. The molecule has 4 aromatic carbocycles. The molecule has 1 amide bonds. The van der Waals surface area contributed by atoms with Crippen LogP contribution in [0.15, 0.2) is 97.1 Å². The van der Waals surface area contributed by atoms with Gasteiger partial charge in [0.1, 0.15) is 46.4 Å². The van der Waals surface area contributed by atoms with Gasteiger partial charge < -0.3 is 45.7 Å². The van der Waals surface area contributed by atoms with Crippen molar-refractivity contribution >= 4 is 48.3 Å². The number of amides is 1. The minimum absolute atomic E-state index is 0. The number of piperidine rings is 2. The van der Waals surface area contributed by atoms with E-state index in [4.69, 9.17) is 35.5 Å². The van der Waals surface area contributed by atoms with E-state index in [1.165, 1.54) is 68.8 Å². The second-order valence-electron chi connectivity index (χ2n) is 14.7. The van der Waals surface area contributed by atoms with Crippen molar-refractivity contribution < 1.29 is 51.2 Å². The SMILES string of the molecule is COc1cc(C(=O)N2CCC(c3ccc(N)nn3)CC2)c(F)cc1Oc1ccc(F)cc1.COc1cc(C(=O)O)c(F)cc1Oc1ccc(F)cc1.Cl.Cl.Nc1ccc(C2CCNCC2)nn1. The van der Waals surface area contributed by atoms with Crippen LogP contribution >= 0.6 is 24.8 Å². The Labute approximate surface area is 395 Å². The lowest BCUT2D eigenvalue weighted by molar-refractivity contribution is 0.0687. The number of likely N-dealkylation sites (tertiary alicyclic amines) is 1. The molecular weight excluding hydrogens is 923 g/mol. The van der Waals surface area contributed by atoms with Gasteiger partial charge in [-0.2, -0.15) is 10.2 Å². The van der Waals surface area contributed by atoms with Crippen molar-refractivity contribution in [2.24, 2.45) is 0 Å². The average Bonchev–Trinajstić information content (AvgIpc) is 3.31. The minimum atomic E-state index is -1.41. The van der Waals surface area contributed by atoms with Crippen LogP contribution in [-0.2, 0) is 0 Å². The van der Waals surface area contributed by atoms with Gasteiger partial charge in [0.25, 0.3) is 5.91 Å². The predicted octanol–water partition coefficient (Wildman–Crippen LogP) is 8.99. The quantitative estimate of drug-likeness (QED) is 0.0945. The first kappa shape index (κ1) is 52.7. The number of carbonyl (C=O) groups is 2. The molecule has 2 saturated heterocycles. The topological polar surface area (TPSA) is 210 Å². The number of methoxy groups -OCH3 is 2. The fourth-order valence-corrected chi connectivity index (χ4v) is 6.94. The zero-order valence-corrected chi connectivity index (χ0v) is 37.8. The van der Waals surface area contributed by atoms with Crippen LogP contribution in [0.1, 0.15) is 69.6 Å². The van der Waals surface area contributed by atoms with Gasteiger partial charge in [0.15, 0.2) is 23.0 Å². The average molecular weight is 972 g/mol. The Bertz CT molecular complexity index is 2540. The molecule has 2 aliphatic heterocycles. The second kappa shape index (κ2) is 25.1. The number of carboxylic acids is 1. The molecule has 0 bridgehead atoms. The zero-order valence-electron chi connectivity index (χ0n) is 36.2. The molecule has 0 atom stereocenters. The third-order valence-electron chi connectivity index (χ3n) is 10.4. The van der Waals surface area contributed by atoms with E-state index in [1.54, 1.807) is 11.0 Å². The number of anilines is 2. The van der Waals surface area contributed by atoms with Crippen LogP contribution in [0.4, 0.5) is 29.2 Å². The minimum Gasteiger partial charge on any atom is -0.493 e. The molecule has 0 unspecified atom stereocenters. The molecule has 2 aliphatic rings. The number of carbonyl (C=O) groups excluding carboxylic acids is 1. The van der Waals surface area contributed by atoms with E-state index in [1.807, 2.05) is 18.2 Å². The summed E-state index contributed by atoms with van der Waals surface area (Å²) in [5.41, 5.74) is 12.3. The summed E-state index contributed by atoms with van der Waals surface area (Å²) in [7, 11) is 2.70. The van der Waals surface area contributed by atoms with Gasteiger partial charge >= 0.3 is 5.97 Å². The first-order chi connectivity index (χ1) is 31.3. The lowest BCUT2D eigenvalue weighted by atomic mass is 9.93. The number of carboxylic acid groups (broad SMARTS) is 1. The van der Waals surface area contributed by atoms with Crippen LogP contribution in [0.25, 0.3) is 0 Å². The molecule has 15 nitrogen and oxygen atoms in total. The van der Waals surface area contributed by atoms with Crippen LogP contribution < -0.4 is 35.7 Å². The Hall–Kier alpha value is -6.96. The maximum Gasteiger partial charge on any atom is 0.338 e. The van der Waals surface area contributed by atoms with Crippen LogP contribution in [0.5, 0.6) is 34.5 Å². The van der Waals surface area contributed by atoms with Crippen molar-refractivity contribution in [1.82, 2.24) is 30.6 Å². The summed E-state index contributed by atoms with van der Waals surface area (Å²) in [5.74, 6) is -1.82. The number of aromatic nitrogens is 4. The number of benzene rings is 4. The van der Waals surface area contributed by atoms with E-state index < -0.39 is 40.7 Å². The van der Waals surface area contributed by atoms with Gasteiger partial charge in [-0.05, 0) is 118 Å². The maximum atomic E-state index is 14.8. The van der Waals surface area contributed by atoms with Gasteiger partial charge in [-0.15, -0.1) is 35.0 Å². The lowest BCUT2D eigenvalue weighted by Crippen LogP contribution is -2.38. The molecule has 356 valence electrons. The molecule has 0 saturated carbocycles. The van der Waals surface area contributed by atoms with Crippen LogP contribution in [0.3, 0.4) is 0 Å². The first-order valence-electron chi connectivity index (χ1n) is 20.3. The summed E-state index contributed by atoms with van der Waals surface area (Å²) in [6.45, 7) is 3.09. The Morgan fingerprint density at radius 1 is 0.597 bits per heavy atom. The molecule has 6 aromatic rings. The van der Waals surface area contributed by atoms with Crippen molar-refractivity contribution in [3.8, 4) is 34.5 Å². The molecular formula is C46H48Cl2F4N8O7. The fraction of sp³-hybridized carbons (Fsp3) is 0.261. The van der Waals surface area contributed by atoms with Gasteiger partial charge in [-0.3, -0.25) is 4.79 Å². The molecule has 4 heterocycles. The van der Waals surface area contributed by atoms with Crippen molar-refractivity contribution in [3.05, 3.63) is 143 Å². The number of nitrogen functional groups attached to an aromatic ring is 2. The number of ether oxygens (including phenoxy) is 4. The Balaban J connectivity index is 0.000000239. The highest BCUT2D eigenvalue weighted by Gasteiger charge is 2.28. The number of halogens is 6. The fourth-order valence-electron chi connectivity index (χ4n) is 6.94. The molecule has 21 heteroatoms. The van der Waals surface area contributed by atoms with E-state index in [9.17, 15) is 27.2 Å². The number of hydrogen-bond acceptors (Lipinski definition) is 13. The summed E-state index contributed by atoms with van der Waals surface area (Å²) in [6.07, 6.45) is 3.68. The normalized spacial score (nSPS) is 13.5. The van der Waals surface area contributed by atoms with Gasteiger partial charge in [-0.25, -0.2) is 22.4 Å². The van der Waals surface area contributed by atoms with E-state index in [2.05, 4.69) is 25.7 Å². The smallest absolute Gasteiger partial charge is 0.338 e. The summed E-state index contributed by atoms with van der Waals surface area (Å²) in [6, 6.07) is 22.1. The van der Waals surface area contributed by atoms with Gasteiger partial charge in [0.2, 0.25) is 0 Å². The number of aromatic carboxylic acids is 1. The highest BCUT2D eigenvalue weighted by Crippen LogP contribution is 2.36. The van der Waals surface area contributed by atoms with Crippen molar-refractivity contribution in [3.63, 3.8) is 0 Å². The number of hydrogen-bond donors (Lipinski definition) is 4. The third-order valence-corrected chi connectivity index (χ3v) is 10.4. The molecule has 0 spiro atoms. The predicted molar refractivity (Wildman–Crippen MR) is 246 cm³/mol. The molecule has 6 N–H and O–H groups in total. The van der Waals surface area contributed by atoms with Crippen molar-refractivity contribution in [1.29, 1.82) is 0 Å². The number of nitrogens with two attached hydrogens (primary N) is 2. The molecule has 8 rings (SSSR count). The molecule has 2 fully saturated rings. The largest absolute Gasteiger partial charge is 0.493 e. The molecule has 0 aliphatic carbocycles. The van der Waals surface area contributed by atoms with E-state index in [0.717, 1.165) is 55.5 Å². The Morgan fingerprint density at radius 2 is 1.01 bits per heavy atom. The summed E-state index contributed by atoms with van der Waals surface area (Å²) in [4.78, 5) is 25.4. The maximum absolute atomic E-state index is 14.8. The third kappa shape index (κ3) is 14.5. The Kier molecular flexibility index (Phi) is 19.7. The van der Waals surface area contributed by atoms with E-state index >= 15 is 0 Å². The van der Waals surface area contributed by atoms with Gasteiger partial charge in [0, 0.05) is 43.1 Å². The monoisotopic (exact) mass is 970 g/mol. The van der Waals surface area contributed by atoms with Crippen LogP contribution in [-0.4, -0.2) is 82.7 Å². The van der Waals surface area contributed by atoms with Crippen LogP contribution in [0, 0.1) is 23.3 Å². The summed E-state index contributed by atoms with van der Waals surface area (Å²) in [5, 5.41) is 28.1. The number of rotatable bonds is 10. The molecule has 0 radical (unpaired) electrons. The second-order valence-corrected chi connectivity index (χ2v) is 14.7. The standard InChI is InChI=1S/C23H22F2N4O3.C14H10F2O4.C9H14N4.2ClH/c1-31-20-12-17(18(25)13-21(20)32-16-4-2-15(24)3-5-16)23(30)29-10-8-14(9-11-29)19-6-7-22(26)28-27-19;1-19-12-6-10(14(17)18)11(16)7-13(12)20-9-4-2-8(15)3-5-9;10-9-2-1-8(12-13-9)7-3-5-11-6-4-7;;/h2-7,12-14H,8-11H2,1H3,(H2,26,28);2-7H,1H3,(H,17,18);1-2,7,11H,3-6H2,(H2,10,13);2*1H. The van der Waals surface area contributed by atoms with Crippen molar-refractivity contribution in [2.75, 3.05) is 51.9 Å². The highest BCUT2D eigenvalue weighted by atomic mass is 35.5. The van der Waals surface area contributed by atoms with E-state index in [0.29, 0.717) is 49.2 Å². The first-order valence-corrected chi connectivity index (χ1v) is 20.3. The Morgan fingerprint density at radius 3 is 1.42 bits per heavy atom. The highest BCUT2D eigenvalue weighted by molar-refractivity contribution is 5.95.